The second kappa shape index (κ2) is 12.1. The molecule has 0 radical (unpaired) electrons. The fraction of sp³-hybridized carbons (Fsp3) is 0.250. The van der Waals surface area contributed by atoms with Crippen molar-refractivity contribution in [2.24, 2.45) is 4.99 Å². The number of nitrogens with zero attached hydrogens (tertiary/aromatic N) is 2. The van der Waals surface area contributed by atoms with E-state index in [0.29, 0.717) is 49.2 Å². The summed E-state index contributed by atoms with van der Waals surface area (Å²) in [6.07, 6.45) is 1.52. The van der Waals surface area contributed by atoms with Crippen LogP contribution >= 0.6 is 11.3 Å². The number of furan rings is 1. The minimum absolute atomic E-state index is 0.0853. The lowest BCUT2D eigenvalue weighted by Gasteiger charge is -2.25. The summed E-state index contributed by atoms with van der Waals surface area (Å²) in [5.41, 5.74) is 1.67. The smallest absolute Gasteiger partial charge is 0.338 e. The number of allylic oxidation sites excluding steroid dienone is 1. The number of hydrogen-bond donors (Lipinski definition) is 1. The van der Waals surface area contributed by atoms with Crippen LogP contribution in [0.5, 0.6) is 11.5 Å². The molecule has 0 amide bonds. The molecule has 1 aliphatic heterocycles. The van der Waals surface area contributed by atoms with Crippen LogP contribution in [-0.2, 0) is 9.53 Å². The first-order valence-electron chi connectivity index (χ1n) is 13.6. The molecule has 0 unspecified atom stereocenters. The first-order valence-corrected chi connectivity index (χ1v) is 14.4. The molecule has 0 bridgehead atoms. The predicted octanol–water partition coefficient (Wildman–Crippen LogP) is 4.55. The number of ether oxygens (including phenoxy) is 3. The van der Waals surface area contributed by atoms with Gasteiger partial charge in [0.1, 0.15) is 11.5 Å². The molecule has 0 fully saturated rings. The van der Waals surface area contributed by atoms with E-state index in [1.165, 1.54) is 35.1 Å². The van der Waals surface area contributed by atoms with Crippen molar-refractivity contribution in [1.29, 1.82) is 0 Å². The molecular formula is C32H30N2O8S. The van der Waals surface area contributed by atoms with Crippen LogP contribution in [0.3, 0.4) is 0 Å². The van der Waals surface area contributed by atoms with Gasteiger partial charge in [0.05, 0.1) is 47.2 Å². The van der Waals surface area contributed by atoms with Gasteiger partial charge in [0.2, 0.25) is 0 Å². The Balaban J connectivity index is 1.63. The number of hydrogen-bond acceptors (Lipinski definition) is 9. The Labute approximate surface area is 250 Å². The zero-order valence-electron chi connectivity index (χ0n) is 24.2. The minimum Gasteiger partial charge on any atom is -0.493 e. The Bertz CT molecular complexity index is 1930. The molecule has 222 valence electrons. The summed E-state index contributed by atoms with van der Waals surface area (Å²) in [4.78, 5) is 43.6. The zero-order valence-corrected chi connectivity index (χ0v) is 25.1. The summed E-state index contributed by atoms with van der Waals surface area (Å²) in [7, 11) is 1.53. The number of aromatic nitrogens is 1. The van der Waals surface area contributed by atoms with Gasteiger partial charge in [-0.3, -0.25) is 9.36 Å². The molecule has 2 aromatic carbocycles. The van der Waals surface area contributed by atoms with Crippen LogP contribution < -0.4 is 24.4 Å². The van der Waals surface area contributed by atoms with Crippen molar-refractivity contribution in [2.45, 2.75) is 39.8 Å². The maximum atomic E-state index is 13.9. The zero-order chi connectivity index (χ0) is 30.8. The Morgan fingerprint density at radius 2 is 1.93 bits per heavy atom. The van der Waals surface area contributed by atoms with Gasteiger partial charge in [0, 0.05) is 11.6 Å². The van der Waals surface area contributed by atoms with Gasteiger partial charge >= 0.3 is 11.9 Å². The molecule has 1 N–H and O–H groups in total. The molecule has 43 heavy (non-hydrogen) atoms. The van der Waals surface area contributed by atoms with Gasteiger partial charge in [-0.05, 0) is 69.7 Å². The summed E-state index contributed by atoms with van der Waals surface area (Å²) < 4.78 is 24.6. The maximum Gasteiger partial charge on any atom is 0.338 e. The third-order valence-electron chi connectivity index (χ3n) is 6.68. The van der Waals surface area contributed by atoms with Crippen LogP contribution in [-0.4, -0.2) is 41.4 Å². The molecule has 0 saturated carbocycles. The molecule has 2 aromatic heterocycles. The Hall–Kier alpha value is -4.90. The van der Waals surface area contributed by atoms with E-state index in [2.05, 4.69) is 4.99 Å². The van der Waals surface area contributed by atoms with Gasteiger partial charge in [0.15, 0.2) is 16.3 Å². The van der Waals surface area contributed by atoms with E-state index in [9.17, 15) is 19.5 Å². The Morgan fingerprint density at radius 3 is 2.63 bits per heavy atom. The van der Waals surface area contributed by atoms with Crippen molar-refractivity contribution in [3.8, 4) is 22.8 Å². The quantitative estimate of drug-likeness (QED) is 0.276. The second-order valence-electron chi connectivity index (χ2n) is 9.97. The summed E-state index contributed by atoms with van der Waals surface area (Å²) in [6, 6.07) is 14.3. The normalized spacial score (nSPS) is 14.8. The molecular weight excluding hydrogens is 572 g/mol. The molecule has 4 aromatic rings. The number of rotatable bonds is 9. The molecule has 0 saturated heterocycles. The lowest BCUT2D eigenvalue weighted by Crippen LogP contribution is -2.40. The average Bonchev–Trinajstić information content (AvgIpc) is 3.56. The standard InChI is InChI=1S/C32H30N2O8S/c1-6-40-31(38)27-18(4)33-32-34(28(27)20-10-12-24(41-17(2)3)25(15-20)39-5)29(35)26(43-32)16-22-11-13-23(42-22)19-8-7-9-21(14-19)30(36)37/h7-17,28H,6H2,1-5H3,(H,36,37)/b26-16+/t28-/m0/s1. The largest absolute Gasteiger partial charge is 0.493 e. The highest BCUT2D eigenvalue weighted by atomic mass is 32.1. The third-order valence-corrected chi connectivity index (χ3v) is 7.66. The SMILES string of the molecule is CCOC(=O)C1=C(C)N=c2s/c(=C/c3ccc(-c4cccc(C(=O)O)c4)o3)c(=O)n2[C@H]1c1ccc(OC(C)C)c(OC)c1. The van der Waals surface area contributed by atoms with Crippen LogP contribution in [0.1, 0.15) is 55.4 Å². The molecule has 3 heterocycles. The number of esters is 1. The maximum absolute atomic E-state index is 13.9. The van der Waals surface area contributed by atoms with E-state index in [1.54, 1.807) is 62.4 Å². The molecule has 10 nitrogen and oxygen atoms in total. The van der Waals surface area contributed by atoms with Gasteiger partial charge in [-0.25, -0.2) is 14.6 Å². The number of carbonyl (C=O) groups excluding carboxylic acids is 1. The van der Waals surface area contributed by atoms with Crippen LogP contribution in [0, 0.1) is 0 Å². The van der Waals surface area contributed by atoms with Crippen molar-refractivity contribution < 1.29 is 33.3 Å². The van der Waals surface area contributed by atoms with E-state index in [0.717, 1.165) is 0 Å². The molecule has 5 rings (SSSR count). The fourth-order valence-electron chi connectivity index (χ4n) is 4.83. The van der Waals surface area contributed by atoms with Crippen molar-refractivity contribution in [3.63, 3.8) is 0 Å². The minimum atomic E-state index is -1.04. The number of benzene rings is 2. The molecule has 11 heteroatoms. The van der Waals surface area contributed by atoms with E-state index in [-0.39, 0.29) is 29.4 Å². The van der Waals surface area contributed by atoms with Gasteiger partial charge in [-0.2, -0.15) is 0 Å². The molecule has 0 aliphatic carbocycles. The first kappa shape index (κ1) is 29.6. The summed E-state index contributed by atoms with van der Waals surface area (Å²) in [5, 5.41) is 9.32. The van der Waals surface area contributed by atoms with Gasteiger partial charge < -0.3 is 23.7 Å². The van der Waals surface area contributed by atoms with Crippen molar-refractivity contribution in [3.05, 3.63) is 102 Å². The highest BCUT2D eigenvalue weighted by molar-refractivity contribution is 7.07. The lowest BCUT2D eigenvalue weighted by atomic mass is 9.95. The first-order chi connectivity index (χ1) is 20.6. The number of aromatic carboxylic acids is 1. The van der Waals surface area contributed by atoms with Crippen LogP contribution in [0.15, 0.2) is 80.1 Å². The van der Waals surface area contributed by atoms with Gasteiger partial charge in [-0.15, -0.1) is 0 Å². The Morgan fingerprint density at radius 1 is 1.14 bits per heavy atom. The number of carboxylic acid groups (broad SMARTS) is 1. The molecule has 1 aliphatic rings. The van der Waals surface area contributed by atoms with Crippen molar-refractivity contribution in [1.82, 2.24) is 4.57 Å². The van der Waals surface area contributed by atoms with Crippen molar-refractivity contribution >= 4 is 29.4 Å². The number of carboxylic acids is 1. The van der Waals surface area contributed by atoms with Gasteiger partial charge in [0.25, 0.3) is 5.56 Å². The second-order valence-corrected chi connectivity index (χ2v) is 11.0. The third kappa shape index (κ3) is 5.89. The van der Waals surface area contributed by atoms with Crippen LogP contribution in [0.4, 0.5) is 0 Å². The van der Waals surface area contributed by atoms with E-state index in [1.807, 2.05) is 13.8 Å². The summed E-state index contributed by atoms with van der Waals surface area (Å²) >= 11 is 1.17. The summed E-state index contributed by atoms with van der Waals surface area (Å²) in [6.45, 7) is 7.41. The highest BCUT2D eigenvalue weighted by Gasteiger charge is 2.34. The number of methoxy groups -OCH3 is 1. The lowest BCUT2D eigenvalue weighted by molar-refractivity contribution is -0.139. The molecule has 1 atom stereocenters. The number of fused-ring (bicyclic) bond motifs is 1. The van der Waals surface area contributed by atoms with Gasteiger partial charge in [-0.1, -0.05) is 29.5 Å². The Kier molecular flexibility index (Phi) is 8.36. The summed E-state index contributed by atoms with van der Waals surface area (Å²) in [5.74, 6) is 0.244. The average molecular weight is 603 g/mol. The molecule has 0 spiro atoms. The highest BCUT2D eigenvalue weighted by Crippen LogP contribution is 2.36. The number of thiazole rings is 1. The van der Waals surface area contributed by atoms with E-state index >= 15 is 0 Å². The monoisotopic (exact) mass is 602 g/mol. The number of carbonyl (C=O) groups is 2. The van der Waals surface area contributed by atoms with Crippen LogP contribution in [0.2, 0.25) is 0 Å². The van der Waals surface area contributed by atoms with Crippen molar-refractivity contribution in [2.75, 3.05) is 13.7 Å². The van der Waals surface area contributed by atoms with Crippen LogP contribution in [0.25, 0.3) is 17.4 Å². The topological polar surface area (TPSA) is 130 Å². The fourth-order valence-corrected chi connectivity index (χ4v) is 5.86. The predicted molar refractivity (Wildman–Crippen MR) is 160 cm³/mol. The van der Waals surface area contributed by atoms with E-state index in [4.69, 9.17) is 18.6 Å². The van der Waals surface area contributed by atoms with E-state index < -0.39 is 18.0 Å².